The van der Waals surface area contributed by atoms with Crippen LogP contribution in [0.5, 0.6) is 0 Å². The topological polar surface area (TPSA) is 48.5 Å². The van der Waals surface area contributed by atoms with E-state index in [1.54, 1.807) is 21.3 Å². The number of para-hydroxylation sites is 2. The number of fused-ring (bicyclic) bond motifs is 6. The number of rotatable bonds is 7. The Labute approximate surface area is 377 Å². The maximum atomic E-state index is 16.7. The van der Waals surface area contributed by atoms with E-state index >= 15 is 13.2 Å². The highest BCUT2D eigenvalue weighted by molar-refractivity contribution is 6.12. The van der Waals surface area contributed by atoms with Crippen LogP contribution in [0.15, 0.2) is 218 Å². The maximum Gasteiger partial charge on any atom is 0.420 e. The summed E-state index contributed by atoms with van der Waals surface area (Å²) in [6, 6.07) is 69.6. The molecule has 66 heavy (non-hydrogen) atoms. The lowest BCUT2D eigenvalue weighted by Gasteiger charge is -2.23. The van der Waals surface area contributed by atoms with E-state index in [2.05, 4.69) is 12.1 Å². The molecular formula is C58H36F3N5. The Balaban J connectivity index is 1.22. The monoisotopic (exact) mass is 859 g/mol. The van der Waals surface area contributed by atoms with Gasteiger partial charge in [0.1, 0.15) is 5.56 Å². The second-order valence-corrected chi connectivity index (χ2v) is 16.3. The molecule has 12 rings (SSSR count). The average molecular weight is 860 g/mol. The smallest absolute Gasteiger partial charge is 0.309 e. The first-order chi connectivity index (χ1) is 32.4. The molecule has 3 aromatic heterocycles. The molecule has 314 valence electrons. The highest BCUT2D eigenvalue weighted by atomic mass is 19.4. The van der Waals surface area contributed by atoms with Crippen molar-refractivity contribution in [1.82, 2.24) is 24.1 Å². The van der Waals surface area contributed by atoms with Crippen LogP contribution in [0.4, 0.5) is 13.2 Å². The molecule has 5 nitrogen and oxygen atoms in total. The normalized spacial score (nSPS) is 11.9. The molecule has 0 saturated carbocycles. The lowest BCUT2D eigenvalue weighted by molar-refractivity contribution is -0.137. The number of halogens is 3. The zero-order valence-corrected chi connectivity index (χ0v) is 35.2. The first-order valence-electron chi connectivity index (χ1n) is 21.7. The van der Waals surface area contributed by atoms with Gasteiger partial charge in [0.15, 0.2) is 17.5 Å². The SMILES string of the molecule is FC(F)(F)c1c(-n2c3ccccc3c3cc(-c4ccccc4)ccc32)cc(-c2nc(-c3ccccc3)nc(-c3ccccc3)n2)cc1-n1c2ccccc2c2cc(-c3ccccc3)ccc21. The van der Waals surface area contributed by atoms with Crippen LogP contribution in [0.2, 0.25) is 0 Å². The molecule has 0 radical (unpaired) electrons. The highest BCUT2D eigenvalue weighted by Gasteiger charge is 2.40. The maximum absolute atomic E-state index is 16.7. The molecule has 0 aliphatic carbocycles. The van der Waals surface area contributed by atoms with E-state index in [1.165, 1.54) is 0 Å². The minimum atomic E-state index is -4.84. The lowest BCUT2D eigenvalue weighted by atomic mass is 10.0. The number of nitrogens with zero attached hydrogens (tertiary/aromatic N) is 5. The van der Waals surface area contributed by atoms with Crippen molar-refractivity contribution in [2.24, 2.45) is 0 Å². The van der Waals surface area contributed by atoms with Gasteiger partial charge in [0.05, 0.1) is 33.4 Å². The van der Waals surface area contributed by atoms with Crippen molar-refractivity contribution in [1.29, 1.82) is 0 Å². The van der Waals surface area contributed by atoms with Crippen molar-refractivity contribution in [3.63, 3.8) is 0 Å². The van der Waals surface area contributed by atoms with E-state index in [4.69, 9.17) is 15.0 Å². The summed E-state index contributed by atoms with van der Waals surface area (Å²) < 4.78 is 53.6. The average Bonchev–Trinajstić information content (AvgIpc) is 3.89. The quantitative estimate of drug-likeness (QED) is 0.160. The van der Waals surface area contributed by atoms with E-state index in [1.807, 2.05) is 194 Å². The van der Waals surface area contributed by atoms with Gasteiger partial charge in [-0.3, -0.25) is 0 Å². The fourth-order valence-corrected chi connectivity index (χ4v) is 9.41. The zero-order valence-electron chi connectivity index (χ0n) is 35.2. The molecule has 0 bridgehead atoms. The Hall–Kier alpha value is -8.62. The van der Waals surface area contributed by atoms with Gasteiger partial charge in [-0.25, -0.2) is 15.0 Å². The Bertz CT molecular complexity index is 3550. The first kappa shape index (κ1) is 39.0. The summed E-state index contributed by atoms with van der Waals surface area (Å²) in [7, 11) is 0. The number of benzene rings is 9. The van der Waals surface area contributed by atoms with Crippen molar-refractivity contribution in [2.45, 2.75) is 6.18 Å². The summed E-state index contributed by atoms with van der Waals surface area (Å²) in [5.74, 6) is 1.04. The van der Waals surface area contributed by atoms with Crippen LogP contribution in [0.1, 0.15) is 5.56 Å². The predicted molar refractivity (Wildman–Crippen MR) is 261 cm³/mol. The molecule has 0 amide bonds. The van der Waals surface area contributed by atoms with Gasteiger partial charge in [-0.15, -0.1) is 0 Å². The first-order valence-corrected chi connectivity index (χ1v) is 21.7. The Morgan fingerprint density at radius 2 is 0.621 bits per heavy atom. The van der Waals surface area contributed by atoms with Gasteiger partial charge in [-0.1, -0.05) is 170 Å². The molecule has 0 aliphatic rings. The number of hydrogen-bond donors (Lipinski definition) is 0. The number of alkyl halides is 3. The number of hydrogen-bond acceptors (Lipinski definition) is 3. The minimum Gasteiger partial charge on any atom is -0.309 e. The third kappa shape index (κ3) is 6.61. The molecule has 0 aliphatic heterocycles. The van der Waals surface area contributed by atoms with Gasteiger partial charge in [0.25, 0.3) is 0 Å². The van der Waals surface area contributed by atoms with Crippen molar-refractivity contribution in [3.8, 4) is 67.8 Å². The second kappa shape index (κ2) is 15.6. The summed E-state index contributed by atoms with van der Waals surface area (Å²) in [6.07, 6.45) is -4.84. The minimum absolute atomic E-state index is 0.0524. The molecular weight excluding hydrogens is 824 g/mol. The van der Waals surface area contributed by atoms with E-state index in [9.17, 15) is 0 Å². The molecule has 9 aromatic carbocycles. The van der Waals surface area contributed by atoms with Crippen LogP contribution < -0.4 is 0 Å². The highest BCUT2D eigenvalue weighted by Crippen LogP contribution is 2.47. The molecule has 0 N–H and O–H groups in total. The summed E-state index contributed by atoms with van der Waals surface area (Å²) in [5, 5.41) is 3.31. The van der Waals surface area contributed by atoms with Gasteiger partial charge >= 0.3 is 6.18 Å². The standard InChI is InChI=1S/C58H36F3N5/c59-58(60,61)54-52(65-48-27-15-13-25-44(48)46-33-41(29-31-50(46)65)37-17-5-1-6-18-37)35-43(57-63-55(39-21-9-3-10-22-39)62-56(64-57)40-23-11-4-12-24-40)36-53(54)66-49-28-16-14-26-45(49)47-34-42(30-32-51(47)66)38-19-7-2-8-20-38/h1-36H. The second-order valence-electron chi connectivity index (χ2n) is 16.3. The molecule has 12 aromatic rings. The van der Waals surface area contributed by atoms with Gasteiger partial charge in [-0.05, 0) is 70.8 Å². The molecule has 3 heterocycles. The summed E-state index contributed by atoms with van der Waals surface area (Å²) >= 11 is 0. The molecule has 0 unspecified atom stereocenters. The van der Waals surface area contributed by atoms with Crippen LogP contribution in [-0.4, -0.2) is 24.1 Å². The molecule has 0 saturated heterocycles. The summed E-state index contributed by atoms with van der Waals surface area (Å²) in [5.41, 5.74) is 7.46. The van der Waals surface area contributed by atoms with Crippen molar-refractivity contribution in [2.75, 3.05) is 0 Å². The molecule has 8 heteroatoms. The van der Waals surface area contributed by atoms with Gasteiger partial charge in [-0.2, -0.15) is 13.2 Å². The molecule has 0 spiro atoms. The van der Waals surface area contributed by atoms with E-state index in [0.717, 1.165) is 54.9 Å². The van der Waals surface area contributed by atoms with Crippen LogP contribution in [0.25, 0.3) is 111 Å². The zero-order chi connectivity index (χ0) is 44.4. The third-order valence-corrected chi connectivity index (χ3v) is 12.4. The molecule has 0 atom stereocenters. The number of aromatic nitrogens is 5. The van der Waals surface area contributed by atoms with Gasteiger partial charge in [0.2, 0.25) is 0 Å². The van der Waals surface area contributed by atoms with Crippen molar-refractivity contribution < 1.29 is 13.2 Å². The van der Waals surface area contributed by atoms with Gasteiger partial charge in [0, 0.05) is 38.2 Å². The summed E-state index contributed by atoms with van der Waals surface area (Å²) in [4.78, 5) is 15.0. The van der Waals surface area contributed by atoms with Crippen molar-refractivity contribution in [3.05, 3.63) is 224 Å². The van der Waals surface area contributed by atoms with Crippen LogP contribution in [0.3, 0.4) is 0 Å². The van der Waals surface area contributed by atoms with Crippen molar-refractivity contribution >= 4 is 43.6 Å². The Morgan fingerprint density at radius 1 is 0.288 bits per heavy atom. The fraction of sp³-hybridized carbons (Fsp3) is 0.0172. The predicted octanol–water partition coefficient (Wildman–Crippen LogP) is 15.4. The fourth-order valence-electron chi connectivity index (χ4n) is 9.41. The van der Waals surface area contributed by atoms with Crippen LogP contribution >= 0.6 is 0 Å². The van der Waals surface area contributed by atoms with E-state index in [0.29, 0.717) is 39.3 Å². The van der Waals surface area contributed by atoms with Gasteiger partial charge < -0.3 is 9.13 Å². The summed E-state index contributed by atoms with van der Waals surface area (Å²) in [6.45, 7) is 0. The lowest BCUT2D eigenvalue weighted by Crippen LogP contribution is -2.16. The molecule has 0 fully saturated rings. The Kier molecular flexibility index (Phi) is 9.20. The van der Waals surface area contributed by atoms with E-state index in [-0.39, 0.29) is 17.2 Å². The third-order valence-electron chi connectivity index (χ3n) is 12.4. The largest absolute Gasteiger partial charge is 0.420 e. The van der Waals surface area contributed by atoms with Crippen LogP contribution in [0, 0.1) is 0 Å². The van der Waals surface area contributed by atoms with Crippen LogP contribution in [-0.2, 0) is 6.18 Å². The Morgan fingerprint density at radius 3 is 1.02 bits per heavy atom. The van der Waals surface area contributed by atoms with E-state index < -0.39 is 11.7 Å².